The van der Waals surface area contributed by atoms with Crippen molar-refractivity contribution in [3.63, 3.8) is 0 Å². The Kier molecular flexibility index (Phi) is 5.95. The van der Waals surface area contributed by atoms with E-state index in [2.05, 4.69) is 10.3 Å². The molecule has 2 heterocycles. The summed E-state index contributed by atoms with van der Waals surface area (Å²) in [6, 6.07) is 9.17. The Balaban J connectivity index is 1.50. The molecule has 11 heteroatoms. The van der Waals surface area contributed by atoms with Crippen molar-refractivity contribution in [1.82, 2.24) is 14.6 Å². The predicted molar refractivity (Wildman–Crippen MR) is 109 cm³/mol. The van der Waals surface area contributed by atoms with Crippen molar-refractivity contribution >= 4 is 21.7 Å². The van der Waals surface area contributed by atoms with E-state index in [4.69, 9.17) is 4.74 Å². The highest BCUT2D eigenvalue weighted by Gasteiger charge is 2.39. The molecule has 0 saturated heterocycles. The summed E-state index contributed by atoms with van der Waals surface area (Å²) in [5.41, 5.74) is 0.0360. The van der Waals surface area contributed by atoms with Gasteiger partial charge in [0.1, 0.15) is 0 Å². The van der Waals surface area contributed by atoms with E-state index in [1.54, 1.807) is 18.2 Å². The number of nitrogens with one attached hydrogen (secondary N) is 1. The van der Waals surface area contributed by atoms with Gasteiger partial charge in [-0.15, -0.1) is 0 Å². The van der Waals surface area contributed by atoms with Gasteiger partial charge < -0.3 is 10.1 Å². The first-order valence-corrected chi connectivity index (χ1v) is 11.4. The first-order valence-electron chi connectivity index (χ1n) is 9.96. The van der Waals surface area contributed by atoms with E-state index < -0.39 is 32.8 Å². The summed E-state index contributed by atoms with van der Waals surface area (Å²) in [5, 5.41) is 2.69. The monoisotopic (exact) mass is 467 g/mol. The van der Waals surface area contributed by atoms with Crippen LogP contribution >= 0.6 is 0 Å². The average molecular weight is 467 g/mol. The lowest BCUT2D eigenvalue weighted by Gasteiger charge is -2.27. The molecule has 0 bridgehead atoms. The summed E-state index contributed by atoms with van der Waals surface area (Å²) in [5.74, 6) is 0.107. The molecule has 0 atom stereocenters. The molecule has 170 valence electrons. The van der Waals surface area contributed by atoms with E-state index >= 15 is 0 Å². The molecule has 0 spiro atoms. The normalized spacial score (nSPS) is 17.5. The van der Waals surface area contributed by atoms with Gasteiger partial charge in [-0.2, -0.15) is 17.5 Å². The van der Waals surface area contributed by atoms with Crippen molar-refractivity contribution in [2.75, 3.05) is 13.1 Å². The zero-order chi connectivity index (χ0) is 22.9. The van der Waals surface area contributed by atoms with Crippen LogP contribution in [0, 0.1) is 0 Å². The van der Waals surface area contributed by atoms with Crippen molar-refractivity contribution in [1.29, 1.82) is 0 Å². The number of halogens is 3. The molecule has 1 aliphatic heterocycles. The fourth-order valence-corrected chi connectivity index (χ4v) is 4.93. The number of alkyl halides is 3. The molecule has 1 aliphatic carbocycles. The third-order valence-electron chi connectivity index (χ3n) is 5.13. The molecular formula is C21H20F3N3O4S. The van der Waals surface area contributed by atoms with E-state index in [0.29, 0.717) is 11.3 Å². The van der Waals surface area contributed by atoms with Gasteiger partial charge in [0, 0.05) is 25.2 Å². The van der Waals surface area contributed by atoms with Crippen LogP contribution in [0.3, 0.4) is 0 Å². The number of carbonyl (C=O) groups excluding carboxylic acids is 1. The summed E-state index contributed by atoms with van der Waals surface area (Å²) in [7, 11) is -4.34. The number of rotatable bonds is 5. The van der Waals surface area contributed by atoms with E-state index in [1.165, 1.54) is 12.1 Å². The first kappa shape index (κ1) is 22.3. The molecule has 0 radical (unpaired) electrons. The van der Waals surface area contributed by atoms with Gasteiger partial charge in [-0.25, -0.2) is 18.2 Å². The number of benzene rings is 1. The lowest BCUT2D eigenvalue weighted by molar-refractivity contribution is -0.139. The van der Waals surface area contributed by atoms with Crippen LogP contribution in [0.1, 0.15) is 30.5 Å². The number of nitrogens with zero attached hydrogens (tertiary/aromatic N) is 2. The van der Waals surface area contributed by atoms with E-state index in [1.807, 2.05) is 0 Å². The topological polar surface area (TPSA) is 88.6 Å². The molecule has 32 heavy (non-hydrogen) atoms. The van der Waals surface area contributed by atoms with Gasteiger partial charge in [-0.1, -0.05) is 24.3 Å². The number of hydrogen-bond donors (Lipinski definition) is 1. The standard InChI is InChI=1S/C21H20F3N3O4S/c22-21(23,24)16-4-1-2-6-18(16)32(29,30)27-12-10-14(11-13-27)17-5-3-7-19(26-17)31-20(28)25-15-8-9-15/h1-7,10,15H,8-9,11-13H2,(H,25,28). The van der Waals surface area contributed by atoms with E-state index in [0.717, 1.165) is 35.3 Å². The van der Waals surface area contributed by atoms with Crippen LogP contribution in [-0.2, 0) is 16.2 Å². The highest BCUT2D eigenvalue weighted by Crippen LogP contribution is 2.36. The molecule has 1 N–H and O–H groups in total. The molecule has 1 saturated carbocycles. The van der Waals surface area contributed by atoms with Gasteiger partial charge >= 0.3 is 12.3 Å². The molecular weight excluding hydrogens is 447 g/mol. The molecule has 1 fully saturated rings. The lowest BCUT2D eigenvalue weighted by Crippen LogP contribution is -2.35. The Labute approximate surface area is 182 Å². The zero-order valence-electron chi connectivity index (χ0n) is 16.8. The van der Waals surface area contributed by atoms with E-state index in [9.17, 15) is 26.4 Å². The van der Waals surface area contributed by atoms with E-state index in [-0.39, 0.29) is 31.4 Å². The Bertz CT molecular complexity index is 1160. The largest absolute Gasteiger partial charge is 0.417 e. The van der Waals surface area contributed by atoms with Crippen LogP contribution in [-0.4, -0.2) is 42.9 Å². The second-order valence-electron chi connectivity index (χ2n) is 7.51. The third kappa shape index (κ3) is 4.94. The number of sulfonamides is 1. The maximum absolute atomic E-state index is 13.3. The summed E-state index contributed by atoms with van der Waals surface area (Å²) in [6.45, 7) is -0.103. The summed E-state index contributed by atoms with van der Waals surface area (Å²) in [6.07, 6.45) is -1.68. The molecule has 0 unspecified atom stereocenters. The highest BCUT2D eigenvalue weighted by atomic mass is 32.2. The average Bonchev–Trinajstić information content (AvgIpc) is 3.57. The van der Waals surface area contributed by atoms with Gasteiger partial charge in [0.25, 0.3) is 0 Å². The van der Waals surface area contributed by atoms with Gasteiger partial charge in [0.05, 0.1) is 16.2 Å². The van der Waals surface area contributed by atoms with Crippen molar-refractivity contribution in [3.8, 4) is 5.88 Å². The maximum Gasteiger partial charge on any atom is 0.417 e. The Morgan fingerprint density at radius 3 is 2.53 bits per heavy atom. The predicted octanol–water partition coefficient (Wildman–Crippen LogP) is 3.83. The smallest absolute Gasteiger partial charge is 0.391 e. The van der Waals surface area contributed by atoms with Crippen LogP contribution in [0.25, 0.3) is 5.57 Å². The van der Waals surface area contributed by atoms with Gasteiger partial charge in [0.2, 0.25) is 15.9 Å². The number of carbonyl (C=O) groups is 1. The minimum absolute atomic E-state index is 0.00467. The minimum Gasteiger partial charge on any atom is -0.391 e. The molecule has 4 rings (SSSR count). The fourth-order valence-electron chi connectivity index (χ4n) is 3.34. The third-order valence-corrected chi connectivity index (χ3v) is 7.05. The van der Waals surface area contributed by atoms with Crippen molar-refractivity contribution in [2.24, 2.45) is 0 Å². The number of aromatic nitrogens is 1. The second-order valence-corrected chi connectivity index (χ2v) is 9.41. The zero-order valence-corrected chi connectivity index (χ0v) is 17.6. The molecule has 1 amide bonds. The van der Waals surface area contributed by atoms with Crippen LogP contribution in [0.2, 0.25) is 0 Å². The van der Waals surface area contributed by atoms with Crippen molar-refractivity contribution in [2.45, 2.75) is 36.4 Å². The van der Waals surface area contributed by atoms with Crippen LogP contribution in [0.15, 0.2) is 53.4 Å². The molecule has 1 aromatic heterocycles. The number of ether oxygens (including phenoxy) is 1. The van der Waals surface area contributed by atoms with Gasteiger partial charge in [0.15, 0.2) is 0 Å². The summed E-state index contributed by atoms with van der Waals surface area (Å²) < 4.78 is 71.8. The highest BCUT2D eigenvalue weighted by molar-refractivity contribution is 7.89. The molecule has 2 aromatic rings. The van der Waals surface area contributed by atoms with Crippen LogP contribution < -0.4 is 10.1 Å². The minimum atomic E-state index is -4.78. The first-order chi connectivity index (χ1) is 15.1. The van der Waals surface area contributed by atoms with Crippen molar-refractivity contribution in [3.05, 3.63) is 59.8 Å². The quantitative estimate of drug-likeness (QED) is 0.722. The lowest BCUT2D eigenvalue weighted by atomic mass is 10.1. The Morgan fingerprint density at radius 2 is 1.88 bits per heavy atom. The van der Waals surface area contributed by atoms with Crippen LogP contribution in [0.5, 0.6) is 5.88 Å². The molecule has 1 aromatic carbocycles. The Morgan fingerprint density at radius 1 is 1.12 bits per heavy atom. The maximum atomic E-state index is 13.3. The fraction of sp³-hybridized carbons (Fsp3) is 0.333. The molecule has 7 nitrogen and oxygen atoms in total. The number of pyridine rings is 1. The summed E-state index contributed by atoms with van der Waals surface area (Å²) in [4.78, 5) is 15.3. The van der Waals surface area contributed by atoms with Gasteiger partial charge in [-0.3, -0.25) is 0 Å². The second kappa shape index (κ2) is 8.55. The van der Waals surface area contributed by atoms with Gasteiger partial charge in [-0.05, 0) is 43.0 Å². The SMILES string of the molecule is O=C(NC1CC1)Oc1cccc(C2=CCN(S(=O)(=O)c3ccccc3C(F)(F)F)CC2)n1. The number of amides is 1. The Hall–Kier alpha value is -2.92. The van der Waals surface area contributed by atoms with Crippen molar-refractivity contribution < 1.29 is 31.1 Å². The summed E-state index contributed by atoms with van der Waals surface area (Å²) >= 11 is 0. The molecule has 2 aliphatic rings. The van der Waals surface area contributed by atoms with Crippen LogP contribution in [0.4, 0.5) is 18.0 Å². The number of hydrogen-bond acceptors (Lipinski definition) is 5.